The molecule has 0 atom stereocenters. The topological polar surface area (TPSA) is 43.1 Å². The van der Waals surface area contributed by atoms with Crippen molar-refractivity contribution in [2.75, 3.05) is 0 Å². The van der Waals surface area contributed by atoms with Crippen molar-refractivity contribution in [1.29, 1.82) is 0 Å². The van der Waals surface area contributed by atoms with Gasteiger partial charge in [-0.1, -0.05) is 11.6 Å². The lowest BCUT2D eigenvalue weighted by Crippen LogP contribution is -1.95. The third-order valence-electron chi connectivity index (χ3n) is 3.37. The van der Waals surface area contributed by atoms with Gasteiger partial charge in [-0.15, -0.1) is 0 Å². The Kier molecular flexibility index (Phi) is 2.98. The minimum absolute atomic E-state index is 0.569. The van der Waals surface area contributed by atoms with Crippen LogP contribution in [-0.2, 0) is 0 Å². The number of hydrogen-bond acceptors (Lipinski definition) is 3. The van der Waals surface area contributed by atoms with Gasteiger partial charge in [0.1, 0.15) is 5.15 Å². The van der Waals surface area contributed by atoms with Crippen LogP contribution in [0.2, 0.25) is 5.15 Å². The molecule has 0 amide bonds. The Labute approximate surface area is 122 Å². The van der Waals surface area contributed by atoms with Crippen molar-refractivity contribution in [2.24, 2.45) is 0 Å². The number of rotatable bonds is 1. The molecule has 4 nitrogen and oxygen atoms in total. The first kappa shape index (κ1) is 13.1. The molecule has 20 heavy (non-hydrogen) atoms. The van der Waals surface area contributed by atoms with Crippen LogP contribution in [-0.4, -0.2) is 19.6 Å². The zero-order valence-electron chi connectivity index (χ0n) is 11.9. The van der Waals surface area contributed by atoms with Gasteiger partial charge in [-0.25, -0.2) is 9.50 Å². The molecule has 102 valence electrons. The van der Waals surface area contributed by atoms with Gasteiger partial charge in [0.2, 0.25) is 0 Å². The summed E-state index contributed by atoms with van der Waals surface area (Å²) in [7, 11) is 0. The normalized spacial score (nSPS) is 11.2. The lowest BCUT2D eigenvalue weighted by Gasteiger charge is -2.06. The second-order valence-electron chi connectivity index (χ2n) is 5.06. The van der Waals surface area contributed by atoms with Gasteiger partial charge in [0.15, 0.2) is 5.65 Å². The smallest absolute Gasteiger partial charge is 0.165 e. The largest absolute Gasteiger partial charge is 0.261 e. The summed E-state index contributed by atoms with van der Waals surface area (Å²) in [6.45, 7) is 7.95. The summed E-state index contributed by atoms with van der Waals surface area (Å²) in [6, 6.07) is 3.88. The molecule has 0 saturated carbocycles. The van der Waals surface area contributed by atoms with Gasteiger partial charge in [-0.3, -0.25) is 4.98 Å². The fourth-order valence-electron chi connectivity index (χ4n) is 2.47. The molecule has 0 unspecified atom stereocenters. The number of nitrogens with zero attached hydrogens (tertiary/aromatic N) is 4. The fraction of sp³-hybridized carbons (Fsp3) is 0.267. The summed E-state index contributed by atoms with van der Waals surface area (Å²) in [4.78, 5) is 8.98. The van der Waals surface area contributed by atoms with Crippen LogP contribution in [0.25, 0.3) is 16.8 Å². The highest BCUT2D eigenvalue weighted by molar-refractivity contribution is 6.29. The number of aryl methyl sites for hydroxylation is 4. The number of pyridine rings is 1. The summed E-state index contributed by atoms with van der Waals surface area (Å²) in [5, 5.41) is 5.06. The highest BCUT2D eigenvalue weighted by Crippen LogP contribution is 2.31. The molecule has 3 rings (SSSR count). The van der Waals surface area contributed by atoms with Gasteiger partial charge in [-0.05, 0) is 45.4 Å². The summed E-state index contributed by atoms with van der Waals surface area (Å²) in [5.74, 6) is 0. The first-order valence-corrected chi connectivity index (χ1v) is 6.81. The molecule has 3 aromatic heterocycles. The van der Waals surface area contributed by atoms with E-state index in [2.05, 4.69) is 28.1 Å². The van der Waals surface area contributed by atoms with E-state index in [0.717, 1.165) is 39.4 Å². The van der Waals surface area contributed by atoms with Gasteiger partial charge in [0.05, 0.1) is 11.3 Å². The zero-order valence-corrected chi connectivity index (χ0v) is 12.7. The molecule has 0 aliphatic rings. The van der Waals surface area contributed by atoms with E-state index in [4.69, 9.17) is 11.6 Å². The predicted octanol–water partition coefficient (Wildman–Crippen LogP) is 3.68. The van der Waals surface area contributed by atoms with E-state index in [1.807, 2.05) is 33.0 Å². The lowest BCUT2D eigenvalue weighted by molar-refractivity contribution is 0.910. The maximum absolute atomic E-state index is 6.24. The van der Waals surface area contributed by atoms with Crippen molar-refractivity contribution in [3.8, 4) is 11.1 Å². The molecule has 0 spiro atoms. The van der Waals surface area contributed by atoms with Crippen molar-refractivity contribution in [2.45, 2.75) is 27.7 Å². The van der Waals surface area contributed by atoms with Crippen molar-refractivity contribution >= 4 is 17.2 Å². The molecule has 0 saturated heterocycles. The fourth-order valence-corrected chi connectivity index (χ4v) is 2.75. The third-order valence-corrected chi connectivity index (χ3v) is 3.63. The maximum Gasteiger partial charge on any atom is 0.165 e. The molecule has 0 radical (unpaired) electrons. The molecule has 0 bridgehead atoms. The molecule has 0 fully saturated rings. The molecule has 5 heteroatoms. The SMILES string of the molecule is Cc1cc(C)c(-c2c(C)nn3c(Cl)cc(C)nc23)cn1. The van der Waals surface area contributed by atoms with Crippen LogP contribution in [0.3, 0.4) is 0 Å². The molecule has 0 aromatic carbocycles. The van der Waals surface area contributed by atoms with Crippen LogP contribution in [0.5, 0.6) is 0 Å². The van der Waals surface area contributed by atoms with E-state index in [1.54, 1.807) is 4.52 Å². The van der Waals surface area contributed by atoms with Gasteiger partial charge >= 0.3 is 0 Å². The van der Waals surface area contributed by atoms with E-state index < -0.39 is 0 Å². The molecule has 0 N–H and O–H groups in total. The molecular formula is C15H15ClN4. The molecule has 0 aliphatic carbocycles. The Bertz CT molecular complexity index is 820. The summed E-state index contributed by atoms with van der Waals surface area (Å²) in [6.07, 6.45) is 1.88. The van der Waals surface area contributed by atoms with Crippen LogP contribution < -0.4 is 0 Å². The number of fused-ring (bicyclic) bond motifs is 1. The minimum atomic E-state index is 0.569. The van der Waals surface area contributed by atoms with Crippen molar-refractivity contribution in [3.63, 3.8) is 0 Å². The third kappa shape index (κ3) is 1.96. The van der Waals surface area contributed by atoms with Gasteiger partial charge in [0, 0.05) is 23.1 Å². The number of aromatic nitrogens is 4. The van der Waals surface area contributed by atoms with E-state index in [9.17, 15) is 0 Å². The first-order chi connectivity index (χ1) is 9.47. The van der Waals surface area contributed by atoms with E-state index in [-0.39, 0.29) is 0 Å². The average molecular weight is 287 g/mol. The zero-order chi connectivity index (χ0) is 14.4. The standard InChI is InChI=1S/C15H15ClN4/c1-8-5-9(2)17-7-12(8)14-11(4)19-20-13(16)6-10(3)18-15(14)20/h5-7H,1-4H3. The molecule has 3 heterocycles. The average Bonchev–Trinajstić information content (AvgIpc) is 2.67. The number of hydrogen-bond donors (Lipinski definition) is 0. The molecule has 0 aliphatic heterocycles. The van der Waals surface area contributed by atoms with E-state index in [0.29, 0.717) is 5.15 Å². The maximum atomic E-state index is 6.24. The second-order valence-corrected chi connectivity index (χ2v) is 5.44. The van der Waals surface area contributed by atoms with Crippen LogP contribution >= 0.6 is 11.6 Å². The van der Waals surface area contributed by atoms with Crippen LogP contribution in [0, 0.1) is 27.7 Å². The predicted molar refractivity (Wildman–Crippen MR) is 80.2 cm³/mol. The van der Waals surface area contributed by atoms with Gasteiger partial charge in [-0.2, -0.15) is 5.10 Å². The Morgan fingerprint density at radius 3 is 2.50 bits per heavy atom. The molecule has 3 aromatic rings. The lowest BCUT2D eigenvalue weighted by atomic mass is 10.0. The first-order valence-electron chi connectivity index (χ1n) is 6.43. The van der Waals surface area contributed by atoms with Crippen molar-refractivity contribution in [1.82, 2.24) is 19.6 Å². The van der Waals surface area contributed by atoms with Crippen molar-refractivity contribution < 1.29 is 0 Å². The number of halogens is 1. The van der Waals surface area contributed by atoms with Crippen LogP contribution in [0.15, 0.2) is 18.3 Å². The minimum Gasteiger partial charge on any atom is -0.261 e. The Morgan fingerprint density at radius 1 is 1.05 bits per heavy atom. The van der Waals surface area contributed by atoms with E-state index in [1.165, 1.54) is 0 Å². The second kappa shape index (κ2) is 4.56. The Morgan fingerprint density at radius 2 is 1.80 bits per heavy atom. The summed E-state index contributed by atoms with van der Waals surface area (Å²) < 4.78 is 1.68. The monoisotopic (exact) mass is 286 g/mol. The highest BCUT2D eigenvalue weighted by Gasteiger charge is 2.17. The van der Waals surface area contributed by atoms with Crippen LogP contribution in [0.1, 0.15) is 22.6 Å². The summed E-state index contributed by atoms with van der Waals surface area (Å²) in [5.41, 5.74) is 6.77. The Balaban J connectivity index is 2.38. The van der Waals surface area contributed by atoms with Crippen molar-refractivity contribution in [3.05, 3.63) is 46.1 Å². The summed E-state index contributed by atoms with van der Waals surface area (Å²) >= 11 is 6.24. The Hall–Kier alpha value is -1.94. The highest BCUT2D eigenvalue weighted by atomic mass is 35.5. The van der Waals surface area contributed by atoms with E-state index >= 15 is 0 Å². The molecular weight excluding hydrogens is 272 g/mol. The van der Waals surface area contributed by atoms with Gasteiger partial charge < -0.3 is 0 Å². The quantitative estimate of drug-likeness (QED) is 0.641. The van der Waals surface area contributed by atoms with Crippen LogP contribution in [0.4, 0.5) is 0 Å². The van der Waals surface area contributed by atoms with Gasteiger partial charge in [0.25, 0.3) is 0 Å².